The Hall–Kier alpha value is -2.73. The zero-order valence-corrected chi connectivity index (χ0v) is 16.4. The van der Waals surface area contributed by atoms with Gasteiger partial charge in [0.05, 0.1) is 0 Å². The first-order valence-corrected chi connectivity index (χ1v) is 9.32. The van der Waals surface area contributed by atoms with Crippen LogP contribution in [0.1, 0.15) is 5.56 Å². The number of ether oxygens (including phenoxy) is 3. The highest BCUT2D eigenvalue weighted by Gasteiger charge is 2.15. The van der Waals surface area contributed by atoms with Crippen molar-refractivity contribution in [2.24, 2.45) is 0 Å². The van der Waals surface area contributed by atoms with Crippen LogP contribution in [-0.4, -0.2) is 31.3 Å². The average molecular weight is 428 g/mol. The summed E-state index contributed by atoms with van der Waals surface area (Å²) in [6, 6.07) is 17.5. The molecule has 27 heavy (non-hydrogen) atoms. The number of fused-ring (bicyclic) bond motifs is 2. The lowest BCUT2D eigenvalue weighted by atomic mass is 10.1. The lowest BCUT2D eigenvalue weighted by Crippen LogP contribution is -2.30. The lowest BCUT2D eigenvalue weighted by molar-refractivity contribution is -0.132. The first kappa shape index (κ1) is 17.7. The van der Waals surface area contributed by atoms with Crippen LogP contribution in [0.3, 0.4) is 0 Å². The summed E-state index contributed by atoms with van der Waals surface area (Å²) in [6.07, 6.45) is 0. The fraction of sp³-hybridized carbons (Fsp3) is 0.190. The van der Waals surface area contributed by atoms with Crippen LogP contribution in [0.15, 0.2) is 59.1 Å². The first-order valence-electron chi connectivity index (χ1n) is 8.53. The van der Waals surface area contributed by atoms with Crippen LogP contribution in [0.5, 0.6) is 17.2 Å². The summed E-state index contributed by atoms with van der Waals surface area (Å²) >= 11 is 3.46. The summed E-state index contributed by atoms with van der Waals surface area (Å²) in [5, 5.41) is 2.18. The Morgan fingerprint density at radius 1 is 1.04 bits per heavy atom. The number of hydrogen-bond acceptors (Lipinski definition) is 4. The van der Waals surface area contributed by atoms with Gasteiger partial charge in [0.2, 0.25) is 6.79 Å². The van der Waals surface area contributed by atoms with E-state index in [0.29, 0.717) is 18.0 Å². The van der Waals surface area contributed by atoms with E-state index in [1.165, 1.54) is 0 Å². The maximum Gasteiger partial charge on any atom is 0.260 e. The molecule has 0 aromatic heterocycles. The average Bonchev–Trinajstić information content (AvgIpc) is 3.13. The van der Waals surface area contributed by atoms with Gasteiger partial charge in [-0.25, -0.2) is 0 Å². The second-order valence-corrected chi connectivity index (χ2v) is 7.30. The number of carbonyl (C=O) groups excluding carboxylic acids is 1. The van der Waals surface area contributed by atoms with Crippen LogP contribution in [-0.2, 0) is 11.3 Å². The van der Waals surface area contributed by atoms with Crippen molar-refractivity contribution in [1.82, 2.24) is 4.90 Å². The normalized spacial score (nSPS) is 12.2. The Morgan fingerprint density at radius 2 is 1.81 bits per heavy atom. The van der Waals surface area contributed by atoms with Crippen molar-refractivity contribution in [2.45, 2.75) is 6.54 Å². The van der Waals surface area contributed by atoms with E-state index in [0.717, 1.165) is 26.6 Å². The third-order valence-electron chi connectivity index (χ3n) is 4.42. The molecule has 0 bridgehead atoms. The van der Waals surface area contributed by atoms with Crippen LogP contribution in [0.2, 0.25) is 0 Å². The number of nitrogens with zero attached hydrogens (tertiary/aromatic N) is 1. The topological polar surface area (TPSA) is 48.0 Å². The van der Waals surface area contributed by atoms with Crippen LogP contribution in [0.4, 0.5) is 0 Å². The fourth-order valence-corrected chi connectivity index (χ4v) is 3.32. The number of rotatable bonds is 5. The molecule has 0 saturated carbocycles. The molecule has 5 nitrogen and oxygen atoms in total. The van der Waals surface area contributed by atoms with E-state index in [2.05, 4.69) is 15.9 Å². The fourth-order valence-electron chi connectivity index (χ4n) is 2.94. The summed E-state index contributed by atoms with van der Waals surface area (Å²) in [7, 11) is 1.76. The molecule has 1 aliphatic rings. The molecular weight excluding hydrogens is 410 g/mol. The third kappa shape index (κ3) is 4.01. The molecule has 1 amide bonds. The van der Waals surface area contributed by atoms with E-state index in [1.807, 2.05) is 54.6 Å². The molecule has 138 valence electrons. The molecule has 1 heterocycles. The summed E-state index contributed by atoms with van der Waals surface area (Å²) in [6.45, 7) is 0.706. The second-order valence-electron chi connectivity index (χ2n) is 6.38. The minimum Gasteiger partial charge on any atom is -0.484 e. The van der Waals surface area contributed by atoms with Gasteiger partial charge in [-0.1, -0.05) is 34.1 Å². The van der Waals surface area contributed by atoms with Crippen LogP contribution >= 0.6 is 15.9 Å². The largest absolute Gasteiger partial charge is 0.484 e. The molecule has 1 aliphatic heterocycles. The third-order valence-corrected chi connectivity index (χ3v) is 4.91. The highest BCUT2D eigenvalue weighted by molar-refractivity contribution is 9.10. The standard InChI is InChI=1S/C21H18BrNO4/c1-23(11-14-2-7-19-20(8-14)27-13-26-19)21(24)12-25-18-6-4-15-9-17(22)5-3-16(15)10-18/h2-10H,11-13H2,1H3. The Morgan fingerprint density at radius 3 is 2.70 bits per heavy atom. The van der Waals surface area contributed by atoms with Crippen LogP contribution in [0.25, 0.3) is 10.8 Å². The predicted molar refractivity (Wildman–Crippen MR) is 106 cm³/mol. The van der Waals surface area contributed by atoms with Gasteiger partial charge in [0.25, 0.3) is 5.91 Å². The number of likely N-dealkylation sites (N-methyl/N-ethyl adjacent to an activating group) is 1. The number of benzene rings is 3. The molecule has 3 aromatic carbocycles. The van der Waals surface area contributed by atoms with Gasteiger partial charge in [-0.3, -0.25) is 4.79 Å². The van der Waals surface area contributed by atoms with Gasteiger partial charge in [0, 0.05) is 18.1 Å². The molecule has 0 radical (unpaired) electrons. The zero-order valence-electron chi connectivity index (χ0n) is 14.8. The maximum atomic E-state index is 12.4. The molecule has 6 heteroatoms. The van der Waals surface area contributed by atoms with E-state index in [1.54, 1.807) is 11.9 Å². The number of hydrogen-bond donors (Lipinski definition) is 0. The Balaban J connectivity index is 1.36. The summed E-state index contributed by atoms with van der Waals surface area (Å²) in [5.41, 5.74) is 0.978. The molecule has 0 fully saturated rings. The van der Waals surface area contributed by atoms with Crippen molar-refractivity contribution in [3.05, 3.63) is 64.6 Å². The SMILES string of the molecule is CN(Cc1ccc2c(c1)OCO2)C(=O)COc1ccc2cc(Br)ccc2c1. The molecular formula is C21H18BrNO4. The zero-order chi connectivity index (χ0) is 18.8. The summed E-state index contributed by atoms with van der Waals surface area (Å²) in [4.78, 5) is 14.0. The van der Waals surface area contributed by atoms with Gasteiger partial charge >= 0.3 is 0 Å². The number of carbonyl (C=O) groups is 1. The molecule has 4 rings (SSSR count). The van der Waals surface area contributed by atoms with Gasteiger partial charge in [-0.2, -0.15) is 0 Å². The highest BCUT2D eigenvalue weighted by Crippen LogP contribution is 2.32. The van der Waals surface area contributed by atoms with Crippen LogP contribution in [0, 0.1) is 0 Å². The number of halogens is 1. The summed E-state index contributed by atoms with van der Waals surface area (Å²) < 4.78 is 17.4. The second kappa shape index (κ2) is 7.48. The Bertz CT molecular complexity index is 1000. The Labute approximate surface area is 165 Å². The monoisotopic (exact) mass is 427 g/mol. The quantitative estimate of drug-likeness (QED) is 0.606. The Kier molecular flexibility index (Phi) is 4.90. The van der Waals surface area contributed by atoms with Crippen molar-refractivity contribution in [2.75, 3.05) is 20.4 Å². The maximum absolute atomic E-state index is 12.4. The van der Waals surface area contributed by atoms with Gasteiger partial charge < -0.3 is 19.1 Å². The van der Waals surface area contributed by atoms with E-state index >= 15 is 0 Å². The smallest absolute Gasteiger partial charge is 0.260 e. The van der Waals surface area contributed by atoms with E-state index in [4.69, 9.17) is 14.2 Å². The molecule has 0 unspecified atom stereocenters. The number of amides is 1. The predicted octanol–water partition coefficient (Wildman–Crippen LogP) is 4.37. The molecule has 0 saturated heterocycles. The van der Waals surface area contributed by atoms with E-state index < -0.39 is 0 Å². The molecule has 0 aliphatic carbocycles. The van der Waals surface area contributed by atoms with Crippen molar-refractivity contribution in [1.29, 1.82) is 0 Å². The van der Waals surface area contributed by atoms with Crippen molar-refractivity contribution in [3.63, 3.8) is 0 Å². The highest BCUT2D eigenvalue weighted by atomic mass is 79.9. The lowest BCUT2D eigenvalue weighted by Gasteiger charge is -2.18. The first-order chi connectivity index (χ1) is 13.1. The molecule has 0 spiro atoms. The van der Waals surface area contributed by atoms with Gasteiger partial charge in [0.1, 0.15) is 5.75 Å². The molecule has 0 N–H and O–H groups in total. The van der Waals surface area contributed by atoms with Crippen LogP contribution < -0.4 is 14.2 Å². The van der Waals surface area contributed by atoms with Gasteiger partial charge in [0.15, 0.2) is 18.1 Å². The van der Waals surface area contributed by atoms with Crippen molar-refractivity contribution >= 4 is 32.6 Å². The van der Waals surface area contributed by atoms with Gasteiger partial charge in [-0.05, 0) is 52.7 Å². The van der Waals surface area contributed by atoms with E-state index in [9.17, 15) is 4.79 Å². The minimum atomic E-state index is -0.0939. The van der Waals surface area contributed by atoms with Gasteiger partial charge in [-0.15, -0.1) is 0 Å². The van der Waals surface area contributed by atoms with Crippen molar-refractivity contribution in [3.8, 4) is 17.2 Å². The minimum absolute atomic E-state index is 0.0108. The van der Waals surface area contributed by atoms with E-state index in [-0.39, 0.29) is 19.3 Å². The summed E-state index contributed by atoms with van der Waals surface area (Å²) in [5.74, 6) is 2.03. The molecule has 0 atom stereocenters. The molecule has 3 aromatic rings. The van der Waals surface area contributed by atoms with Crippen molar-refractivity contribution < 1.29 is 19.0 Å².